The highest BCUT2D eigenvalue weighted by atomic mass is 19.1. The minimum absolute atomic E-state index is 0.0523. The van der Waals surface area contributed by atoms with E-state index >= 15 is 0 Å². The van der Waals surface area contributed by atoms with Crippen molar-refractivity contribution >= 4 is 23.6 Å². The summed E-state index contributed by atoms with van der Waals surface area (Å²) < 4.78 is 33.5. The summed E-state index contributed by atoms with van der Waals surface area (Å²) in [5.74, 6) is -5.39. The van der Waals surface area contributed by atoms with Crippen LogP contribution in [-0.2, 0) is 35.2 Å². The number of rotatable bonds is 6. The maximum atomic E-state index is 13.8. The third-order valence-corrected chi connectivity index (χ3v) is 4.54. The van der Waals surface area contributed by atoms with Crippen LogP contribution in [0.5, 0.6) is 5.75 Å². The Morgan fingerprint density at radius 2 is 1.72 bits per heavy atom. The number of allylic oxidation sites excluding steroid dienone is 1. The molecule has 0 bridgehead atoms. The van der Waals surface area contributed by atoms with Crippen LogP contribution in [0.3, 0.4) is 0 Å². The van der Waals surface area contributed by atoms with Crippen molar-refractivity contribution in [1.29, 1.82) is 0 Å². The first-order valence-corrected chi connectivity index (χ1v) is 8.66. The molecular weight excluding hydrogens is 385 g/mol. The van der Waals surface area contributed by atoms with Crippen molar-refractivity contribution in [3.8, 4) is 5.75 Å². The molecule has 9 heteroatoms. The molecular formula is C20H22FNO7. The van der Waals surface area contributed by atoms with Crippen molar-refractivity contribution in [3.63, 3.8) is 0 Å². The van der Waals surface area contributed by atoms with Gasteiger partial charge < -0.3 is 18.9 Å². The lowest BCUT2D eigenvalue weighted by Gasteiger charge is -2.29. The number of carbonyl (C=O) groups is 3. The molecule has 0 saturated heterocycles. The molecule has 1 heterocycles. The molecule has 0 amide bonds. The zero-order valence-corrected chi connectivity index (χ0v) is 16.8. The van der Waals surface area contributed by atoms with Crippen molar-refractivity contribution in [2.45, 2.75) is 20.5 Å². The molecule has 2 rings (SSSR count). The van der Waals surface area contributed by atoms with Crippen molar-refractivity contribution < 1.29 is 37.7 Å². The van der Waals surface area contributed by atoms with E-state index in [2.05, 4.69) is 4.99 Å². The number of esters is 3. The highest BCUT2D eigenvalue weighted by Crippen LogP contribution is 2.33. The Morgan fingerprint density at radius 3 is 2.28 bits per heavy atom. The van der Waals surface area contributed by atoms with Gasteiger partial charge in [0.05, 0.1) is 26.9 Å². The standard InChI is InChI=1S/C20H22FNO7/c1-10-15(18(23)27-4)17(16(11(2)22-10)19(24)28-5)20(25)29-9-12-6-7-14(26-3)13(21)8-12/h6-8,15,17H,9H2,1-5H3/t15?,17-/m0/s1. The molecule has 156 valence electrons. The van der Waals surface area contributed by atoms with Crippen LogP contribution in [0.2, 0.25) is 0 Å². The summed E-state index contributed by atoms with van der Waals surface area (Å²) >= 11 is 0. The molecule has 0 aromatic heterocycles. The van der Waals surface area contributed by atoms with Crippen LogP contribution >= 0.6 is 0 Å². The van der Waals surface area contributed by atoms with Crippen LogP contribution in [-0.4, -0.2) is 44.9 Å². The molecule has 0 N–H and O–H groups in total. The van der Waals surface area contributed by atoms with Gasteiger partial charge in [-0.1, -0.05) is 6.07 Å². The SMILES string of the molecule is COC(=O)C1=C(C)N=C(C)C(C(=O)OC)[C@@H]1C(=O)OCc1ccc(OC)c(F)c1. The fourth-order valence-corrected chi connectivity index (χ4v) is 3.14. The molecule has 1 aromatic rings. The summed E-state index contributed by atoms with van der Waals surface area (Å²) in [6.07, 6.45) is 0. The fraction of sp³-hybridized carbons (Fsp3) is 0.400. The number of aliphatic imine (C=N–C) groups is 1. The fourth-order valence-electron chi connectivity index (χ4n) is 3.14. The van der Waals surface area contributed by atoms with E-state index in [9.17, 15) is 18.8 Å². The van der Waals surface area contributed by atoms with Crippen LogP contribution in [0, 0.1) is 17.7 Å². The van der Waals surface area contributed by atoms with E-state index in [-0.39, 0.29) is 23.6 Å². The number of ether oxygens (including phenoxy) is 4. The molecule has 0 aliphatic carbocycles. The molecule has 29 heavy (non-hydrogen) atoms. The maximum absolute atomic E-state index is 13.8. The minimum atomic E-state index is -1.30. The van der Waals surface area contributed by atoms with Crippen molar-refractivity contribution in [2.75, 3.05) is 21.3 Å². The topological polar surface area (TPSA) is 100 Å². The second-order valence-electron chi connectivity index (χ2n) is 6.30. The van der Waals surface area contributed by atoms with Gasteiger partial charge in [-0.15, -0.1) is 0 Å². The van der Waals surface area contributed by atoms with Crippen molar-refractivity contribution in [3.05, 3.63) is 40.8 Å². The molecule has 0 radical (unpaired) electrons. The van der Waals surface area contributed by atoms with Gasteiger partial charge in [0.15, 0.2) is 11.6 Å². The van der Waals surface area contributed by atoms with Gasteiger partial charge in [-0.2, -0.15) is 0 Å². The van der Waals surface area contributed by atoms with Crippen molar-refractivity contribution in [2.24, 2.45) is 16.8 Å². The molecule has 0 fully saturated rings. The molecule has 8 nitrogen and oxygen atoms in total. The Hall–Kier alpha value is -3.23. The lowest BCUT2D eigenvalue weighted by atomic mass is 9.80. The third kappa shape index (κ3) is 4.61. The lowest BCUT2D eigenvalue weighted by molar-refractivity contribution is -0.157. The summed E-state index contributed by atoms with van der Waals surface area (Å²) in [7, 11) is 3.66. The highest BCUT2D eigenvalue weighted by molar-refractivity contribution is 6.10. The van der Waals surface area contributed by atoms with Gasteiger partial charge >= 0.3 is 17.9 Å². The number of halogens is 1. The van der Waals surface area contributed by atoms with Crippen LogP contribution in [0.25, 0.3) is 0 Å². The zero-order chi connectivity index (χ0) is 21.7. The Morgan fingerprint density at radius 1 is 1.03 bits per heavy atom. The number of methoxy groups -OCH3 is 3. The van der Waals surface area contributed by atoms with Crippen LogP contribution in [0.1, 0.15) is 19.4 Å². The first kappa shape index (κ1) is 22.1. The third-order valence-electron chi connectivity index (χ3n) is 4.54. The summed E-state index contributed by atoms with van der Waals surface area (Å²) in [4.78, 5) is 41.6. The van der Waals surface area contributed by atoms with E-state index in [4.69, 9.17) is 18.9 Å². The van der Waals surface area contributed by atoms with E-state index in [1.807, 2.05) is 0 Å². The van der Waals surface area contributed by atoms with Gasteiger partial charge in [0.2, 0.25) is 0 Å². The van der Waals surface area contributed by atoms with Gasteiger partial charge in [-0.05, 0) is 31.5 Å². The molecule has 1 aliphatic rings. The molecule has 1 unspecified atom stereocenters. The number of carbonyl (C=O) groups excluding carboxylic acids is 3. The second kappa shape index (κ2) is 9.31. The van der Waals surface area contributed by atoms with Gasteiger partial charge in [0.25, 0.3) is 0 Å². The normalized spacial score (nSPS) is 18.6. The van der Waals surface area contributed by atoms with Crippen molar-refractivity contribution in [1.82, 2.24) is 0 Å². The summed E-state index contributed by atoms with van der Waals surface area (Å²) in [6.45, 7) is 2.81. The van der Waals surface area contributed by atoms with Gasteiger partial charge in [-0.25, -0.2) is 9.18 Å². The summed E-state index contributed by atoms with van der Waals surface area (Å²) in [6, 6.07) is 4.10. The molecule has 1 aliphatic heterocycles. The van der Waals surface area contributed by atoms with Crippen LogP contribution < -0.4 is 4.74 Å². The number of benzene rings is 1. The molecule has 1 aromatic carbocycles. The Labute approximate surface area is 167 Å². The quantitative estimate of drug-likeness (QED) is 0.526. The summed E-state index contributed by atoms with van der Waals surface area (Å²) in [5, 5.41) is 0. The molecule has 0 spiro atoms. The Kier molecular flexibility index (Phi) is 7.08. The number of nitrogens with zero attached hydrogens (tertiary/aromatic N) is 1. The largest absolute Gasteiger partial charge is 0.494 e. The zero-order valence-electron chi connectivity index (χ0n) is 16.8. The average molecular weight is 407 g/mol. The highest BCUT2D eigenvalue weighted by Gasteiger charge is 2.46. The Bertz CT molecular complexity index is 891. The smallest absolute Gasteiger partial charge is 0.336 e. The average Bonchev–Trinajstić information content (AvgIpc) is 2.70. The minimum Gasteiger partial charge on any atom is -0.494 e. The lowest BCUT2D eigenvalue weighted by Crippen LogP contribution is -2.42. The van der Waals surface area contributed by atoms with E-state index in [0.29, 0.717) is 11.3 Å². The van der Waals surface area contributed by atoms with Crippen LogP contribution in [0.15, 0.2) is 34.5 Å². The van der Waals surface area contributed by atoms with E-state index < -0.39 is 35.6 Å². The maximum Gasteiger partial charge on any atom is 0.336 e. The van der Waals surface area contributed by atoms with Gasteiger partial charge in [-0.3, -0.25) is 14.6 Å². The predicted molar refractivity (Wildman–Crippen MR) is 99.6 cm³/mol. The van der Waals surface area contributed by atoms with Crippen LogP contribution in [0.4, 0.5) is 4.39 Å². The van der Waals surface area contributed by atoms with E-state index in [0.717, 1.165) is 7.11 Å². The molecule has 0 saturated carbocycles. The summed E-state index contributed by atoms with van der Waals surface area (Å²) in [5.41, 5.74) is 0.832. The first-order chi connectivity index (χ1) is 13.7. The predicted octanol–water partition coefficient (Wildman–Crippen LogP) is 2.20. The molecule has 2 atom stereocenters. The van der Waals surface area contributed by atoms with Gasteiger partial charge in [0.1, 0.15) is 18.4 Å². The first-order valence-electron chi connectivity index (χ1n) is 8.66. The second-order valence-corrected chi connectivity index (χ2v) is 6.30. The number of hydrogen-bond donors (Lipinski definition) is 0. The monoisotopic (exact) mass is 407 g/mol. The van der Waals surface area contributed by atoms with Gasteiger partial charge in [0, 0.05) is 11.4 Å². The Balaban J connectivity index is 2.33. The van der Waals surface area contributed by atoms with E-state index in [1.54, 1.807) is 6.92 Å². The number of hydrogen-bond acceptors (Lipinski definition) is 8. The van der Waals surface area contributed by atoms with E-state index in [1.165, 1.54) is 39.3 Å².